The quantitative estimate of drug-likeness (QED) is 0.276. The van der Waals surface area contributed by atoms with Crippen LogP contribution >= 0.6 is 11.8 Å². The van der Waals surface area contributed by atoms with Gasteiger partial charge in [-0.25, -0.2) is 0 Å². The number of hydrogen-bond donors (Lipinski definition) is 0. The highest BCUT2D eigenvalue weighted by Crippen LogP contribution is 2.38. The van der Waals surface area contributed by atoms with Gasteiger partial charge < -0.3 is 9.47 Å². The van der Waals surface area contributed by atoms with Crippen LogP contribution in [-0.2, 0) is 6.54 Å². The number of methoxy groups -OCH3 is 2. The second-order valence-electron chi connectivity index (χ2n) is 8.22. The molecule has 0 radical (unpaired) electrons. The maximum Gasteiger partial charge on any atom is 0.191 e. The molecule has 1 aliphatic rings. The van der Waals surface area contributed by atoms with Crippen molar-refractivity contribution in [2.24, 2.45) is 0 Å². The SMILES string of the molecule is COc1ccc(-c2nnc(SCCCCCn3cccn3)n2C2CCCCC2)cc1OC. The van der Waals surface area contributed by atoms with Gasteiger partial charge in [0.2, 0.25) is 0 Å². The molecule has 1 aromatic carbocycles. The van der Waals surface area contributed by atoms with Crippen molar-refractivity contribution in [3.05, 3.63) is 36.7 Å². The first-order chi connectivity index (χ1) is 15.8. The van der Waals surface area contributed by atoms with Gasteiger partial charge in [-0.2, -0.15) is 5.10 Å². The van der Waals surface area contributed by atoms with Crippen LogP contribution in [0, 0.1) is 0 Å². The highest BCUT2D eigenvalue weighted by Gasteiger charge is 2.24. The van der Waals surface area contributed by atoms with Crippen molar-refractivity contribution in [2.75, 3.05) is 20.0 Å². The second kappa shape index (κ2) is 11.4. The second-order valence-corrected chi connectivity index (χ2v) is 9.28. The fourth-order valence-corrected chi connectivity index (χ4v) is 5.37. The number of thioether (sulfide) groups is 1. The summed E-state index contributed by atoms with van der Waals surface area (Å²) in [5, 5.41) is 14.5. The van der Waals surface area contributed by atoms with Crippen molar-refractivity contribution in [3.63, 3.8) is 0 Å². The fraction of sp³-hybridized carbons (Fsp3) is 0.542. The highest BCUT2D eigenvalue weighted by molar-refractivity contribution is 7.99. The highest BCUT2D eigenvalue weighted by atomic mass is 32.2. The first-order valence-corrected chi connectivity index (χ1v) is 12.6. The Kier molecular flexibility index (Phi) is 8.09. The largest absolute Gasteiger partial charge is 0.493 e. The van der Waals surface area contributed by atoms with E-state index in [1.807, 2.05) is 47.0 Å². The third kappa shape index (κ3) is 5.46. The van der Waals surface area contributed by atoms with Gasteiger partial charge in [-0.05, 0) is 49.9 Å². The molecule has 1 fully saturated rings. The van der Waals surface area contributed by atoms with E-state index in [4.69, 9.17) is 9.47 Å². The van der Waals surface area contributed by atoms with E-state index in [1.54, 1.807) is 14.2 Å². The molecule has 7 nitrogen and oxygen atoms in total. The smallest absolute Gasteiger partial charge is 0.191 e. The number of nitrogens with zero attached hydrogens (tertiary/aromatic N) is 5. The van der Waals surface area contributed by atoms with Crippen molar-refractivity contribution in [2.45, 2.75) is 69.1 Å². The van der Waals surface area contributed by atoms with Crippen molar-refractivity contribution < 1.29 is 9.47 Å². The molecule has 0 bridgehead atoms. The standard InChI is InChI=1S/C24H33N5O2S/c1-30-21-13-12-19(18-22(21)31-2)23-26-27-24(29(23)20-10-5-3-6-11-20)32-17-8-4-7-15-28-16-9-14-25-28/h9,12-14,16,18,20H,3-8,10-11,15,17H2,1-2H3. The van der Waals surface area contributed by atoms with E-state index in [-0.39, 0.29) is 0 Å². The lowest BCUT2D eigenvalue weighted by molar-refractivity contribution is 0.339. The average Bonchev–Trinajstić information content (AvgIpc) is 3.51. The Morgan fingerprint density at radius 1 is 1.00 bits per heavy atom. The minimum atomic E-state index is 0.462. The van der Waals surface area contributed by atoms with Gasteiger partial charge >= 0.3 is 0 Å². The Hall–Kier alpha value is -2.48. The third-order valence-corrected chi connectivity index (χ3v) is 7.10. The number of benzene rings is 1. The van der Waals surface area contributed by atoms with Crippen molar-refractivity contribution in [1.82, 2.24) is 24.5 Å². The summed E-state index contributed by atoms with van der Waals surface area (Å²) in [6.07, 6.45) is 13.6. The normalized spacial score (nSPS) is 14.6. The molecule has 0 amide bonds. The monoisotopic (exact) mass is 455 g/mol. The first-order valence-electron chi connectivity index (χ1n) is 11.6. The number of unbranched alkanes of at least 4 members (excludes halogenated alkanes) is 2. The lowest BCUT2D eigenvalue weighted by Crippen LogP contribution is -2.15. The fourth-order valence-electron chi connectivity index (χ4n) is 4.36. The summed E-state index contributed by atoms with van der Waals surface area (Å²) in [6.45, 7) is 0.985. The van der Waals surface area contributed by atoms with Gasteiger partial charge in [0.25, 0.3) is 0 Å². The average molecular weight is 456 g/mol. The van der Waals surface area contributed by atoms with Gasteiger partial charge in [-0.1, -0.05) is 37.4 Å². The summed E-state index contributed by atoms with van der Waals surface area (Å²) in [5.74, 6) is 3.42. The Labute approximate surface area is 194 Å². The number of ether oxygens (including phenoxy) is 2. The van der Waals surface area contributed by atoms with Crippen LogP contribution < -0.4 is 9.47 Å². The molecular formula is C24H33N5O2S. The number of aryl methyl sites for hydroxylation is 1. The van der Waals surface area contributed by atoms with Crippen LogP contribution in [0.15, 0.2) is 41.8 Å². The molecule has 172 valence electrons. The van der Waals surface area contributed by atoms with Crippen molar-refractivity contribution >= 4 is 11.8 Å². The summed E-state index contributed by atoms with van der Waals surface area (Å²) in [5.41, 5.74) is 1.02. The summed E-state index contributed by atoms with van der Waals surface area (Å²) in [7, 11) is 3.33. The predicted octanol–water partition coefficient (Wildman–Crippen LogP) is 5.63. The summed E-state index contributed by atoms with van der Waals surface area (Å²) < 4.78 is 15.3. The van der Waals surface area contributed by atoms with Crippen molar-refractivity contribution in [1.29, 1.82) is 0 Å². The topological polar surface area (TPSA) is 67.0 Å². The molecule has 1 aliphatic carbocycles. The molecular weight excluding hydrogens is 422 g/mol. The van der Waals surface area contributed by atoms with Crippen LogP contribution in [0.3, 0.4) is 0 Å². The molecule has 0 aliphatic heterocycles. The number of aromatic nitrogens is 5. The Balaban J connectivity index is 1.45. The molecule has 2 heterocycles. The predicted molar refractivity (Wildman–Crippen MR) is 127 cm³/mol. The third-order valence-electron chi connectivity index (χ3n) is 6.07. The molecule has 2 aromatic heterocycles. The van der Waals surface area contributed by atoms with Crippen LogP contribution in [0.4, 0.5) is 0 Å². The van der Waals surface area contributed by atoms with Gasteiger partial charge in [0, 0.05) is 36.3 Å². The lowest BCUT2D eigenvalue weighted by atomic mass is 9.95. The molecule has 0 atom stereocenters. The zero-order valence-corrected chi connectivity index (χ0v) is 19.9. The van der Waals surface area contributed by atoms with Gasteiger partial charge in [-0.15, -0.1) is 10.2 Å². The molecule has 0 saturated heterocycles. The summed E-state index contributed by atoms with van der Waals surface area (Å²) in [4.78, 5) is 0. The van der Waals surface area contributed by atoms with E-state index in [0.29, 0.717) is 6.04 Å². The van der Waals surface area contributed by atoms with Crippen molar-refractivity contribution in [3.8, 4) is 22.9 Å². The summed E-state index contributed by atoms with van der Waals surface area (Å²) >= 11 is 1.83. The number of rotatable bonds is 11. The Morgan fingerprint density at radius 2 is 1.84 bits per heavy atom. The molecule has 1 saturated carbocycles. The van der Waals surface area contributed by atoms with E-state index in [2.05, 4.69) is 25.9 Å². The van der Waals surface area contributed by atoms with Gasteiger partial charge in [0.15, 0.2) is 22.5 Å². The zero-order chi connectivity index (χ0) is 22.2. The van der Waals surface area contributed by atoms with Crippen LogP contribution in [0.25, 0.3) is 11.4 Å². The first kappa shape index (κ1) is 22.7. The van der Waals surface area contributed by atoms with Gasteiger partial charge in [0.05, 0.1) is 14.2 Å². The van der Waals surface area contributed by atoms with E-state index in [0.717, 1.165) is 53.2 Å². The maximum absolute atomic E-state index is 5.53. The maximum atomic E-state index is 5.53. The number of hydrogen-bond acceptors (Lipinski definition) is 6. The minimum absolute atomic E-state index is 0.462. The molecule has 32 heavy (non-hydrogen) atoms. The molecule has 4 rings (SSSR count). The molecule has 3 aromatic rings. The van der Waals surface area contributed by atoms with E-state index >= 15 is 0 Å². The zero-order valence-electron chi connectivity index (χ0n) is 19.1. The molecule has 0 N–H and O–H groups in total. The Morgan fingerprint density at radius 3 is 2.59 bits per heavy atom. The molecule has 0 unspecified atom stereocenters. The van der Waals surface area contributed by atoms with Gasteiger partial charge in [-0.3, -0.25) is 9.25 Å². The van der Waals surface area contributed by atoms with Crippen LogP contribution in [0.2, 0.25) is 0 Å². The van der Waals surface area contributed by atoms with Crippen LogP contribution in [0.1, 0.15) is 57.4 Å². The van der Waals surface area contributed by atoms with E-state index in [1.165, 1.54) is 38.5 Å². The molecule has 8 heteroatoms. The molecule has 0 spiro atoms. The van der Waals surface area contributed by atoms with Crippen LogP contribution in [0.5, 0.6) is 11.5 Å². The van der Waals surface area contributed by atoms with Gasteiger partial charge in [0.1, 0.15) is 0 Å². The Bertz CT molecular complexity index is 967. The van der Waals surface area contributed by atoms with Crippen LogP contribution in [-0.4, -0.2) is 44.5 Å². The minimum Gasteiger partial charge on any atom is -0.493 e. The van der Waals surface area contributed by atoms with E-state index in [9.17, 15) is 0 Å². The lowest BCUT2D eigenvalue weighted by Gasteiger charge is -2.25. The summed E-state index contributed by atoms with van der Waals surface area (Å²) in [6, 6.07) is 8.44. The van der Waals surface area contributed by atoms with E-state index < -0.39 is 0 Å².